The maximum atomic E-state index is 11.8. The van der Waals surface area contributed by atoms with E-state index in [0.717, 1.165) is 32.1 Å². The van der Waals surface area contributed by atoms with Crippen molar-refractivity contribution in [1.82, 2.24) is 5.32 Å². The second kappa shape index (κ2) is 18.0. The summed E-state index contributed by atoms with van der Waals surface area (Å²) in [7, 11) is 0. The molecule has 1 atom stereocenters. The SMILES string of the molecule is CCCCCCC=CCCCCCCCC(=O)NC(CCC(O)O)C(=O)O. The molecule has 4 N–H and O–H groups in total. The van der Waals surface area contributed by atoms with Gasteiger partial charge in [0.15, 0.2) is 6.29 Å². The molecule has 0 heterocycles. The van der Waals surface area contributed by atoms with Crippen LogP contribution in [0.25, 0.3) is 0 Å². The number of carbonyl (C=O) groups is 2. The van der Waals surface area contributed by atoms with E-state index in [-0.39, 0.29) is 18.7 Å². The van der Waals surface area contributed by atoms with E-state index in [2.05, 4.69) is 24.4 Å². The van der Waals surface area contributed by atoms with Gasteiger partial charge in [-0.05, 0) is 38.5 Å². The number of hydrogen-bond acceptors (Lipinski definition) is 4. The monoisotopic (exact) mass is 385 g/mol. The molecule has 1 unspecified atom stereocenters. The molecule has 0 aromatic heterocycles. The van der Waals surface area contributed by atoms with Crippen LogP contribution in [0.3, 0.4) is 0 Å². The van der Waals surface area contributed by atoms with Gasteiger partial charge in [0.2, 0.25) is 5.91 Å². The number of amides is 1. The molecular formula is C21H39NO5. The third kappa shape index (κ3) is 17.8. The molecule has 0 rings (SSSR count). The first kappa shape index (κ1) is 25.6. The molecule has 0 aliphatic rings. The average Bonchev–Trinajstić information content (AvgIpc) is 2.62. The predicted molar refractivity (Wildman–Crippen MR) is 107 cm³/mol. The van der Waals surface area contributed by atoms with Crippen LogP contribution in [0.2, 0.25) is 0 Å². The zero-order chi connectivity index (χ0) is 20.3. The topological polar surface area (TPSA) is 107 Å². The summed E-state index contributed by atoms with van der Waals surface area (Å²) in [5.41, 5.74) is 0. The summed E-state index contributed by atoms with van der Waals surface area (Å²) >= 11 is 0. The van der Waals surface area contributed by atoms with Crippen molar-refractivity contribution in [2.45, 2.75) is 109 Å². The van der Waals surface area contributed by atoms with E-state index in [1.165, 1.54) is 38.5 Å². The standard InChI is InChI=1S/C21H39NO5/c1-2-3-4-5-6-7-8-9-10-11-12-13-14-15-19(23)22-18(21(26)27)16-17-20(24)25/h7-8,18,20,24-25H,2-6,9-17H2,1H3,(H,22,23)(H,26,27). The van der Waals surface area contributed by atoms with Crippen molar-refractivity contribution in [3.05, 3.63) is 12.2 Å². The minimum absolute atomic E-state index is 0.00482. The molecule has 0 aromatic carbocycles. The first-order valence-corrected chi connectivity index (χ1v) is 10.5. The molecule has 27 heavy (non-hydrogen) atoms. The number of carboxylic acids is 1. The Labute approximate surface area is 164 Å². The van der Waals surface area contributed by atoms with Gasteiger partial charge in [0.25, 0.3) is 0 Å². The van der Waals surface area contributed by atoms with Gasteiger partial charge < -0.3 is 20.6 Å². The van der Waals surface area contributed by atoms with Gasteiger partial charge in [-0.3, -0.25) is 4.79 Å². The van der Waals surface area contributed by atoms with E-state index < -0.39 is 18.3 Å². The van der Waals surface area contributed by atoms with E-state index in [4.69, 9.17) is 15.3 Å². The summed E-state index contributed by atoms with van der Waals surface area (Å²) < 4.78 is 0. The minimum Gasteiger partial charge on any atom is -0.480 e. The number of allylic oxidation sites excluding steroid dienone is 2. The Balaban J connectivity index is 3.59. The molecule has 0 bridgehead atoms. The molecule has 0 saturated carbocycles. The number of unbranched alkanes of at least 4 members (excludes halogenated alkanes) is 9. The lowest BCUT2D eigenvalue weighted by atomic mass is 10.1. The molecule has 158 valence electrons. The number of aliphatic hydroxyl groups is 2. The smallest absolute Gasteiger partial charge is 0.326 e. The highest BCUT2D eigenvalue weighted by Crippen LogP contribution is 2.09. The van der Waals surface area contributed by atoms with Crippen LogP contribution >= 0.6 is 0 Å². The molecule has 0 aromatic rings. The Morgan fingerprint density at radius 1 is 0.852 bits per heavy atom. The summed E-state index contributed by atoms with van der Waals surface area (Å²) in [5.74, 6) is -1.44. The zero-order valence-corrected chi connectivity index (χ0v) is 16.9. The molecule has 0 aliphatic carbocycles. The molecule has 0 aliphatic heterocycles. The van der Waals surface area contributed by atoms with Gasteiger partial charge in [-0.25, -0.2) is 4.79 Å². The second-order valence-electron chi connectivity index (χ2n) is 7.14. The Kier molecular flexibility index (Phi) is 17.1. The molecule has 6 nitrogen and oxygen atoms in total. The van der Waals surface area contributed by atoms with Crippen molar-refractivity contribution < 1.29 is 24.9 Å². The van der Waals surface area contributed by atoms with E-state index in [1.807, 2.05) is 0 Å². The van der Waals surface area contributed by atoms with Crippen molar-refractivity contribution in [1.29, 1.82) is 0 Å². The second-order valence-corrected chi connectivity index (χ2v) is 7.14. The summed E-state index contributed by atoms with van der Waals surface area (Å²) in [6.07, 6.45) is 15.9. The first-order chi connectivity index (χ1) is 13.0. The zero-order valence-electron chi connectivity index (χ0n) is 16.9. The molecule has 0 saturated heterocycles. The van der Waals surface area contributed by atoms with Crippen LogP contribution in [0.5, 0.6) is 0 Å². The number of aliphatic carboxylic acids is 1. The highest BCUT2D eigenvalue weighted by molar-refractivity contribution is 5.83. The van der Waals surface area contributed by atoms with E-state index in [0.29, 0.717) is 6.42 Å². The number of rotatable bonds is 18. The van der Waals surface area contributed by atoms with Crippen LogP contribution in [-0.2, 0) is 9.59 Å². The quantitative estimate of drug-likeness (QED) is 0.163. The van der Waals surface area contributed by atoms with Crippen molar-refractivity contribution in [3.8, 4) is 0 Å². The highest BCUT2D eigenvalue weighted by atomic mass is 16.5. The lowest BCUT2D eigenvalue weighted by molar-refractivity contribution is -0.142. The van der Waals surface area contributed by atoms with Gasteiger partial charge in [-0.1, -0.05) is 57.6 Å². The van der Waals surface area contributed by atoms with Gasteiger partial charge in [0.1, 0.15) is 6.04 Å². The summed E-state index contributed by atoms with van der Waals surface area (Å²) in [5, 5.41) is 29.1. The maximum absolute atomic E-state index is 11.8. The van der Waals surface area contributed by atoms with Crippen LogP contribution in [0.1, 0.15) is 96.8 Å². The fourth-order valence-electron chi connectivity index (χ4n) is 2.84. The summed E-state index contributed by atoms with van der Waals surface area (Å²) in [6, 6.07) is -1.06. The fourth-order valence-corrected chi connectivity index (χ4v) is 2.84. The number of carbonyl (C=O) groups excluding carboxylic acids is 1. The maximum Gasteiger partial charge on any atom is 0.326 e. The van der Waals surface area contributed by atoms with Crippen LogP contribution in [-0.4, -0.2) is 39.5 Å². The molecule has 0 spiro atoms. The van der Waals surface area contributed by atoms with Crippen LogP contribution in [0.15, 0.2) is 12.2 Å². The number of hydrogen-bond donors (Lipinski definition) is 4. The largest absolute Gasteiger partial charge is 0.480 e. The normalized spacial score (nSPS) is 12.6. The van der Waals surface area contributed by atoms with Crippen molar-refractivity contribution in [2.75, 3.05) is 0 Å². The summed E-state index contributed by atoms with van der Waals surface area (Å²) in [4.78, 5) is 22.8. The number of aliphatic hydroxyl groups excluding tert-OH is 1. The lowest BCUT2D eigenvalue weighted by Crippen LogP contribution is -2.41. The molecule has 0 fully saturated rings. The lowest BCUT2D eigenvalue weighted by Gasteiger charge is -2.15. The number of nitrogens with one attached hydrogen (secondary N) is 1. The van der Waals surface area contributed by atoms with E-state index in [9.17, 15) is 9.59 Å². The predicted octanol–water partition coefficient (Wildman–Crippen LogP) is 3.90. The Bertz CT molecular complexity index is 409. The highest BCUT2D eigenvalue weighted by Gasteiger charge is 2.20. The fraction of sp³-hybridized carbons (Fsp3) is 0.810. The van der Waals surface area contributed by atoms with Gasteiger partial charge in [0, 0.05) is 12.8 Å². The van der Waals surface area contributed by atoms with Crippen molar-refractivity contribution in [2.24, 2.45) is 0 Å². The molecule has 6 heteroatoms. The van der Waals surface area contributed by atoms with Crippen LogP contribution < -0.4 is 5.32 Å². The molecule has 1 amide bonds. The van der Waals surface area contributed by atoms with Crippen LogP contribution in [0, 0.1) is 0 Å². The molecule has 0 radical (unpaired) electrons. The summed E-state index contributed by atoms with van der Waals surface area (Å²) in [6.45, 7) is 2.22. The third-order valence-corrected chi connectivity index (χ3v) is 4.51. The third-order valence-electron chi connectivity index (χ3n) is 4.51. The van der Waals surface area contributed by atoms with Gasteiger partial charge >= 0.3 is 5.97 Å². The average molecular weight is 386 g/mol. The van der Waals surface area contributed by atoms with Gasteiger partial charge in [-0.15, -0.1) is 0 Å². The Morgan fingerprint density at radius 2 is 1.41 bits per heavy atom. The van der Waals surface area contributed by atoms with Crippen molar-refractivity contribution >= 4 is 11.9 Å². The Morgan fingerprint density at radius 3 is 1.96 bits per heavy atom. The first-order valence-electron chi connectivity index (χ1n) is 10.5. The van der Waals surface area contributed by atoms with Gasteiger partial charge in [-0.2, -0.15) is 0 Å². The van der Waals surface area contributed by atoms with Crippen LogP contribution in [0.4, 0.5) is 0 Å². The number of carboxylic acid groups (broad SMARTS) is 1. The Hall–Kier alpha value is -1.40. The van der Waals surface area contributed by atoms with E-state index >= 15 is 0 Å². The van der Waals surface area contributed by atoms with E-state index in [1.54, 1.807) is 0 Å². The van der Waals surface area contributed by atoms with Crippen molar-refractivity contribution in [3.63, 3.8) is 0 Å². The minimum atomic E-state index is -1.56. The van der Waals surface area contributed by atoms with Gasteiger partial charge in [0.05, 0.1) is 0 Å². The molecular weight excluding hydrogens is 346 g/mol.